The number of esters is 1. The van der Waals surface area contributed by atoms with Gasteiger partial charge in [0, 0.05) is 0 Å². The Kier molecular flexibility index (Phi) is 5.69. The Bertz CT molecular complexity index is 690. The first-order valence-corrected chi connectivity index (χ1v) is 7.35. The second kappa shape index (κ2) is 7.06. The number of anilines is 1. The minimum Gasteiger partial charge on any atom is -0.468 e. The van der Waals surface area contributed by atoms with Gasteiger partial charge in [-0.05, 0) is 25.1 Å². The van der Waals surface area contributed by atoms with Crippen LogP contribution in [-0.2, 0) is 19.6 Å². The molecule has 0 saturated heterocycles. The molecule has 1 rings (SSSR count). The number of hydrogen-bond acceptors (Lipinski definition) is 5. The van der Waals surface area contributed by atoms with Crippen molar-refractivity contribution in [2.75, 3.05) is 18.4 Å². The predicted octanol–water partition coefficient (Wildman–Crippen LogP) is 0.473. The van der Waals surface area contributed by atoms with E-state index in [0.717, 1.165) is 26.2 Å². The second-order valence-electron chi connectivity index (χ2n) is 3.96. The number of aliphatic hydroxyl groups excluding tert-OH is 1. The molecule has 8 heteroatoms. The van der Waals surface area contributed by atoms with E-state index in [4.69, 9.17) is 5.11 Å². The van der Waals surface area contributed by atoms with Gasteiger partial charge in [-0.1, -0.05) is 11.8 Å². The van der Waals surface area contributed by atoms with Gasteiger partial charge >= 0.3 is 5.97 Å². The van der Waals surface area contributed by atoms with Gasteiger partial charge in [-0.3, -0.25) is 9.52 Å². The number of benzene rings is 1. The van der Waals surface area contributed by atoms with Crippen molar-refractivity contribution < 1.29 is 27.4 Å². The van der Waals surface area contributed by atoms with Crippen molar-refractivity contribution in [3.05, 3.63) is 29.6 Å². The number of carbonyl (C=O) groups is 1. The maximum atomic E-state index is 13.2. The topological polar surface area (TPSA) is 92.7 Å². The van der Waals surface area contributed by atoms with Crippen LogP contribution in [0.3, 0.4) is 0 Å². The van der Waals surface area contributed by atoms with Gasteiger partial charge in [0.2, 0.25) is 10.0 Å². The van der Waals surface area contributed by atoms with Gasteiger partial charge in [0.05, 0.1) is 18.4 Å². The molecule has 0 aliphatic heterocycles. The Balaban J connectivity index is 3.15. The molecule has 0 spiro atoms. The van der Waals surface area contributed by atoms with Crippen LogP contribution in [0.4, 0.5) is 10.1 Å². The van der Waals surface area contributed by atoms with Crippen LogP contribution in [0.1, 0.15) is 12.5 Å². The molecule has 1 unspecified atom stereocenters. The monoisotopic (exact) mass is 315 g/mol. The Morgan fingerprint density at radius 3 is 2.76 bits per heavy atom. The van der Waals surface area contributed by atoms with Gasteiger partial charge in [0.15, 0.2) is 5.25 Å². The number of aliphatic hydroxyl groups is 1. The molecule has 0 amide bonds. The van der Waals surface area contributed by atoms with Crippen LogP contribution < -0.4 is 4.72 Å². The fraction of sp³-hybridized carbons (Fsp3) is 0.308. The van der Waals surface area contributed by atoms with E-state index in [9.17, 15) is 17.6 Å². The molecule has 21 heavy (non-hydrogen) atoms. The molecule has 0 saturated carbocycles. The van der Waals surface area contributed by atoms with E-state index in [-0.39, 0.29) is 11.3 Å². The Morgan fingerprint density at radius 1 is 1.52 bits per heavy atom. The van der Waals surface area contributed by atoms with E-state index in [1.807, 2.05) is 0 Å². The van der Waals surface area contributed by atoms with Crippen molar-refractivity contribution in [3.8, 4) is 11.8 Å². The molecule has 1 aromatic carbocycles. The second-order valence-corrected chi connectivity index (χ2v) is 5.96. The smallest absolute Gasteiger partial charge is 0.325 e. The molecule has 1 atom stereocenters. The first-order chi connectivity index (χ1) is 9.81. The summed E-state index contributed by atoms with van der Waals surface area (Å²) in [6.07, 6.45) is 0. The molecule has 114 valence electrons. The summed E-state index contributed by atoms with van der Waals surface area (Å²) in [5.74, 6) is 3.19. The van der Waals surface area contributed by atoms with E-state index in [2.05, 4.69) is 21.3 Å². The molecule has 0 aliphatic carbocycles. The van der Waals surface area contributed by atoms with Crippen LogP contribution in [0.15, 0.2) is 18.2 Å². The van der Waals surface area contributed by atoms with Crippen LogP contribution >= 0.6 is 0 Å². The quantitative estimate of drug-likeness (QED) is 0.622. The van der Waals surface area contributed by atoms with Crippen LogP contribution in [0.5, 0.6) is 0 Å². The largest absolute Gasteiger partial charge is 0.468 e. The first-order valence-electron chi connectivity index (χ1n) is 5.80. The third kappa shape index (κ3) is 4.44. The third-order valence-electron chi connectivity index (χ3n) is 2.53. The first kappa shape index (κ1) is 16.9. The number of nitrogens with one attached hydrogen (secondary N) is 1. The van der Waals surface area contributed by atoms with Crippen molar-refractivity contribution in [2.45, 2.75) is 12.2 Å². The summed E-state index contributed by atoms with van der Waals surface area (Å²) in [7, 11) is -2.99. The van der Waals surface area contributed by atoms with E-state index in [0.29, 0.717) is 0 Å². The third-order valence-corrected chi connectivity index (χ3v) is 4.16. The zero-order valence-corrected chi connectivity index (χ0v) is 12.2. The Hall–Kier alpha value is -2.11. The number of carbonyl (C=O) groups excluding carboxylic acids is 1. The number of rotatable bonds is 4. The fourth-order valence-electron chi connectivity index (χ4n) is 1.38. The Morgan fingerprint density at radius 2 is 2.19 bits per heavy atom. The van der Waals surface area contributed by atoms with Gasteiger partial charge in [-0.25, -0.2) is 12.8 Å². The minimum atomic E-state index is -4.06. The summed E-state index contributed by atoms with van der Waals surface area (Å²) in [6.45, 7) is 0.706. The van der Waals surface area contributed by atoms with Crippen molar-refractivity contribution in [1.82, 2.24) is 0 Å². The highest BCUT2D eigenvalue weighted by molar-refractivity contribution is 7.94. The van der Waals surface area contributed by atoms with E-state index in [1.54, 1.807) is 0 Å². The molecule has 0 aromatic heterocycles. The average Bonchev–Trinajstić information content (AvgIpc) is 2.45. The maximum absolute atomic E-state index is 13.2. The summed E-state index contributed by atoms with van der Waals surface area (Å²) >= 11 is 0. The fourth-order valence-corrected chi connectivity index (χ4v) is 2.39. The molecule has 1 aromatic rings. The molecule has 0 heterocycles. The zero-order chi connectivity index (χ0) is 16.0. The van der Waals surface area contributed by atoms with Crippen molar-refractivity contribution in [1.29, 1.82) is 0 Å². The highest BCUT2D eigenvalue weighted by Crippen LogP contribution is 2.19. The molecule has 0 aliphatic rings. The molecular formula is C13H14FNO5S. The Labute approximate surface area is 122 Å². The highest BCUT2D eigenvalue weighted by atomic mass is 32.2. The summed E-state index contributed by atoms with van der Waals surface area (Å²) in [4.78, 5) is 11.3. The number of halogens is 1. The summed E-state index contributed by atoms with van der Waals surface area (Å²) in [5, 5.41) is 7.21. The standard InChI is InChI=1S/C13H14FNO5S/c1-9(13(17)20-2)21(18,19)15-12-6-5-11(14)8-10(12)4-3-7-16/h5-6,8-9,15-16H,7H2,1-2H3. The van der Waals surface area contributed by atoms with Crippen molar-refractivity contribution >= 4 is 21.7 Å². The molecule has 0 fully saturated rings. The molecular weight excluding hydrogens is 301 g/mol. The summed E-state index contributed by atoms with van der Waals surface area (Å²) in [6, 6.07) is 3.24. The SMILES string of the molecule is COC(=O)C(C)S(=O)(=O)Nc1ccc(F)cc1C#CCO. The lowest BCUT2D eigenvalue weighted by Gasteiger charge is -2.14. The molecule has 2 N–H and O–H groups in total. The van der Waals surface area contributed by atoms with Crippen molar-refractivity contribution in [2.24, 2.45) is 0 Å². The lowest BCUT2D eigenvalue weighted by atomic mass is 10.2. The molecule has 6 nitrogen and oxygen atoms in total. The summed E-state index contributed by atoms with van der Waals surface area (Å²) in [5.41, 5.74) is 0.0535. The van der Waals surface area contributed by atoms with Crippen molar-refractivity contribution in [3.63, 3.8) is 0 Å². The molecule has 0 bridgehead atoms. The number of ether oxygens (including phenoxy) is 1. The van der Waals surface area contributed by atoms with Crippen LogP contribution in [0, 0.1) is 17.7 Å². The number of sulfonamides is 1. The van der Waals surface area contributed by atoms with Gasteiger partial charge < -0.3 is 9.84 Å². The van der Waals surface area contributed by atoms with Crippen LogP contribution in [0.2, 0.25) is 0 Å². The van der Waals surface area contributed by atoms with E-state index >= 15 is 0 Å². The lowest BCUT2D eigenvalue weighted by molar-refractivity contribution is -0.139. The zero-order valence-electron chi connectivity index (χ0n) is 11.4. The van der Waals surface area contributed by atoms with E-state index < -0.39 is 33.7 Å². The average molecular weight is 315 g/mol. The number of methoxy groups -OCH3 is 1. The predicted molar refractivity (Wildman–Crippen MR) is 74.4 cm³/mol. The van der Waals surface area contributed by atoms with Gasteiger partial charge in [0.25, 0.3) is 0 Å². The lowest BCUT2D eigenvalue weighted by Crippen LogP contribution is -2.33. The van der Waals surface area contributed by atoms with Crippen LogP contribution in [-0.4, -0.2) is 38.5 Å². The number of hydrogen-bond donors (Lipinski definition) is 2. The molecule has 0 radical (unpaired) electrons. The minimum absolute atomic E-state index is 0.00750. The van der Waals surface area contributed by atoms with Gasteiger partial charge in [-0.2, -0.15) is 0 Å². The maximum Gasteiger partial charge on any atom is 0.325 e. The van der Waals surface area contributed by atoms with Crippen LogP contribution in [0.25, 0.3) is 0 Å². The van der Waals surface area contributed by atoms with Gasteiger partial charge in [0.1, 0.15) is 12.4 Å². The summed E-state index contributed by atoms with van der Waals surface area (Å²) < 4.78 is 43.7. The highest BCUT2D eigenvalue weighted by Gasteiger charge is 2.29. The van der Waals surface area contributed by atoms with E-state index in [1.165, 1.54) is 6.07 Å². The van der Waals surface area contributed by atoms with Gasteiger partial charge in [-0.15, -0.1) is 0 Å². The normalized spacial score (nSPS) is 12.0.